The molecule has 0 unspecified atom stereocenters. The first-order valence-corrected chi connectivity index (χ1v) is 9.30. The summed E-state index contributed by atoms with van der Waals surface area (Å²) in [5, 5.41) is 2.30. The molecule has 144 valence electrons. The Bertz CT molecular complexity index is 967. The van der Waals surface area contributed by atoms with Crippen molar-refractivity contribution in [1.82, 2.24) is 9.88 Å². The van der Waals surface area contributed by atoms with Crippen LogP contribution >= 0.6 is 0 Å². The van der Waals surface area contributed by atoms with Crippen molar-refractivity contribution >= 4 is 33.6 Å². The van der Waals surface area contributed by atoms with E-state index in [4.69, 9.17) is 4.74 Å². The second-order valence-electron chi connectivity index (χ2n) is 8.29. The standard InChI is InChI=1S/C22H29N3O2/c1-22(2,3)27-21(26)25(6)16-13-15(11-12-24(4)5)20-18(14-16)17-9-7-8-10-19(17)23-20/h7-10,13-14,23H,11-12H2,1-6H3. The number of ether oxygens (including phenoxy) is 1. The molecule has 5 nitrogen and oxygen atoms in total. The number of nitrogens with zero attached hydrogens (tertiary/aromatic N) is 2. The second-order valence-corrected chi connectivity index (χ2v) is 8.29. The van der Waals surface area contributed by atoms with Crippen LogP contribution in [0.3, 0.4) is 0 Å². The van der Waals surface area contributed by atoms with Gasteiger partial charge in [-0.25, -0.2) is 4.79 Å². The highest BCUT2D eigenvalue weighted by Crippen LogP contribution is 2.32. The van der Waals surface area contributed by atoms with Crippen LogP contribution in [0.4, 0.5) is 10.5 Å². The molecule has 0 bridgehead atoms. The Morgan fingerprint density at radius 3 is 2.44 bits per heavy atom. The number of rotatable bonds is 4. The first-order chi connectivity index (χ1) is 12.7. The Kier molecular flexibility index (Phi) is 5.16. The van der Waals surface area contributed by atoms with Gasteiger partial charge in [0.1, 0.15) is 5.60 Å². The largest absolute Gasteiger partial charge is 0.443 e. The van der Waals surface area contributed by atoms with Gasteiger partial charge in [0.05, 0.1) is 0 Å². The number of amides is 1. The summed E-state index contributed by atoms with van der Waals surface area (Å²) >= 11 is 0. The number of anilines is 1. The van der Waals surface area contributed by atoms with E-state index in [9.17, 15) is 4.79 Å². The zero-order valence-corrected chi connectivity index (χ0v) is 17.1. The lowest BCUT2D eigenvalue weighted by atomic mass is 10.0. The zero-order chi connectivity index (χ0) is 19.8. The molecular weight excluding hydrogens is 338 g/mol. The fourth-order valence-electron chi connectivity index (χ4n) is 3.18. The summed E-state index contributed by atoms with van der Waals surface area (Å²) in [7, 11) is 5.90. The number of hydrogen-bond acceptors (Lipinski definition) is 3. The highest BCUT2D eigenvalue weighted by atomic mass is 16.6. The Hall–Kier alpha value is -2.53. The van der Waals surface area contributed by atoms with Gasteiger partial charge in [0.15, 0.2) is 0 Å². The number of benzene rings is 2. The van der Waals surface area contributed by atoms with Gasteiger partial charge in [-0.2, -0.15) is 0 Å². The summed E-state index contributed by atoms with van der Waals surface area (Å²) in [4.78, 5) is 19.9. The van der Waals surface area contributed by atoms with Gasteiger partial charge in [0.2, 0.25) is 0 Å². The third kappa shape index (κ3) is 4.25. The first-order valence-electron chi connectivity index (χ1n) is 9.30. The van der Waals surface area contributed by atoms with Crippen molar-refractivity contribution in [2.45, 2.75) is 32.8 Å². The van der Waals surface area contributed by atoms with E-state index in [-0.39, 0.29) is 6.09 Å². The van der Waals surface area contributed by atoms with E-state index in [1.807, 2.05) is 32.9 Å². The van der Waals surface area contributed by atoms with Crippen LogP contribution in [0.5, 0.6) is 0 Å². The Morgan fingerprint density at radius 2 is 1.78 bits per heavy atom. The predicted octanol–water partition coefficient (Wildman–Crippen LogP) is 4.80. The fourth-order valence-corrected chi connectivity index (χ4v) is 3.18. The molecule has 0 radical (unpaired) electrons. The van der Waals surface area contributed by atoms with E-state index in [0.29, 0.717) is 0 Å². The maximum atomic E-state index is 12.6. The van der Waals surface area contributed by atoms with Gasteiger partial charge in [-0.15, -0.1) is 0 Å². The fraction of sp³-hybridized carbons (Fsp3) is 0.409. The van der Waals surface area contributed by atoms with Crippen molar-refractivity contribution < 1.29 is 9.53 Å². The lowest BCUT2D eigenvalue weighted by Crippen LogP contribution is -2.34. The van der Waals surface area contributed by atoms with Crippen LogP contribution in [0.1, 0.15) is 26.3 Å². The summed E-state index contributed by atoms with van der Waals surface area (Å²) in [6.07, 6.45) is 0.548. The van der Waals surface area contributed by atoms with Crippen LogP contribution < -0.4 is 4.90 Å². The third-order valence-electron chi connectivity index (χ3n) is 4.56. The highest BCUT2D eigenvalue weighted by molar-refractivity contribution is 6.10. The van der Waals surface area contributed by atoms with Crippen LogP contribution in [0.25, 0.3) is 21.8 Å². The zero-order valence-electron chi connectivity index (χ0n) is 17.1. The lowest BCUT2D eigenvalue weighted by Gasteiger charge is -2.25. The molecule has 0 saturated heterocycles. The lowest BCUT2D eigenvalue weighted by molar-refractivity contribution is 0.0589. The molecule has 3 aromatic rings. The molecule has 0 fully saturated rings. The smallest absolute Gasteiger partial charge is 0.414 e. The summed E-state index contributed by atoms with van der Waals surface area (Å²) < 4.78 is 5.54. The Balaban J connectivity index is 2.09. The van der Waals surface area contributed by atoms with Gasteiger partial charge in [-0.1, -0.05) is 18.2 Å². The monoisotopic (exact) mass is 367 g/mol. The molecule has 1 N–H and O–H groups in total. The van der Waals surface area contributed by atoms with Crippen molar-refractivity contribution in [3.63, 3.8) is 0 Å². The number of hydrogen-bond donors (Lipinski definition) is 1. The second kappa shape index (κ2) is 7.24. The number of likely N-dealkylation sites (N-methyl/N-ethyl adjacent to an activating group) is 1. The summed E-state index contributed by atoms with van der Waals surface area (Å²) in [6, 6.07) is 12.4. The molecule has 0 aliphatic rings. The highest BCUT2D eigenvalue weighted by Gasteiger charge is 2.22. The van der Waals surface area contributed by atoms with E-state index in [0.717, 1.165) is 40.5 Å². The van der Waals surface area contributed by atoms with Gasteiger partial charge in [-0.05, 0) is 65.0 Å². The van der Waals surface area contributed by atoms with E-state index >= 15 is 0 Å². The minimum atomic E-state index is -0.524. The van der Waals surface area contributed by atoms with Gasteiger partial charge < -0.3 is 14.6 Å². The molecule has 0 saturated carbocycles. The maximum Gasteiger partial charge on any atom is 0.414 e. The average molecular weight is 367 g/mol. The predicted molar refractivity (Wildman–Crippen MR) is 113 cm³/mol. The number of aromatic nitrogens is 1. The third-order valence-corrected chi connectivity index (χ3v) is 4.56. The molecule has 0 aliphatic carbocycles. The molecule has 1 heterocycles. The molecule has 0 aliphatic heterocycles. The number of carbonyl (C=O) groups excluding carboxylic acids is 1. The molecule has 0 atom stereocenters. The molecular formula is C22H29N3O2. The van der Waals surface area contributed by atoms with Crippen molar-refractivity contribution in [3.05, 3.63) is 42.0 Å². The molecule has 1 amide bonds. The topological polar surface area (TPSA) is 48.6 Å². The van der Waals surface area contributed by atoms with Crippen LogP contribution in [0.15, 0.2) is 36.4 Å². The number of fused-ring (bicyclic) bond motifs is 3. The van der Waals surface area contributed by atoms with E-state index in [2.05, 4.69) is 48.2 Å². The number of H-pyrrole nitrogens is 1. The van der Waals surface area contributed by atoms with Crippen LogP contribution in [-0.4, -0.2) is 49.3 Å². The average Bonchev–Trinajstić information content (AvgIpc) is 2.96. The summed E-state index contributed by atoms with van der Waals surface area (Å²) in [5.74, 6) is 0. The molecule has 1 aromatic heterocycles. The first kappa shape index (κ1) is 19.2. The molecule has 5 heteroatoms. The maximum absolute atomic E-state index is 12.6. The molecule has 0 spiro atoms. The van der Waals surface area contributed by atoms with E-state index in [1.54, 1.807) is 11.9 Å². The van der Waals surface area contributed by atoms with E-state index < -0.39 is 5.60 Å². The quantitative estimate of drug-likeness (QED) is 0.721. The van der Waals surface area contributed by atoms with E-state index in [1.165, 1.54) is 5.56 Å². The number of carbonyl (C=O) groups is 1. The SMILES string of the molecule is CN(C)CCc1cc(N(C)C(=O)OC(C)(C)C)cc2c1[nH]c1ccccc12. The Morgan fingerprint density at radius 1 is 1.07 bits per heavy atom. The number of nitrogens with one attached hydrogen (secondary N) is 1. The van der Waals surface area contributed by atoms with Gasteiger partial charge >= 0.3 is 6.09 Å². The minimum absolute atomic E-state index is 0.347. The van der Waals surface area contributed by atoms with Crippen molar-refractivity contribution in [1.29, 1.82) is 0 Å². The summed E-state index contributed by atoms with van der Waals surface area (Å²) in [6.45, 7) is 6.57. The molecule has 3 rings (SSSR count). The Labute approximate surface area is 160 Å². The summed E-state index contributed by atoms with van der Waals surface area (Å²) in [5.41, 5.74) is 3.76. The van der Waals surface area contributed by atoms with Crippen LogP contribution in [0, 0.1) is 0 Å². The molecule has 2 aromatic carbocycles. The number of para-hydroxylation sites is 1. The normalized spacial score (nSPS) is 12.1. The van der Waals surface area contributed by atoms with Crippen molar-refractivity contribution in [2.75, 3.05) is 32.6 Å². The van der Waals surface area contributed by atoms with Gasteiger partial charge in [0.25, 0.3) is 0 Å². The minimum Gasteiger partial charge on any atom is -0.443 e. The van der Waals surface area contributed by atoms with Gasteiger partial charge in [-0.3, -0.25) is 4.90 Å². The van der Waals surface area contributed by atoms with Crippen molar-refractivity contribution in [3.8, 4) is 0 Å². The van der Waals surface area contributed by atoms with Crippen LogP contribution in [-0.2, 0) is 11.2 Å². The van der Waals surface area contributed by atoms with Crippen molar-refractivity contribution in [2.24, 2.45) is 0 Å². The van der Waals surface area contributed by atoms with Gasteiger partial charge in [0, 0.05) is 41.1 Å². The molecule has 27 heavy (non-hydrogen) atoms. The van der Waals surface area contributed by atoms with Crippen LogP contribution in [0.2, 0.25) is 0 Å². The number of aromatic amines is 1.